The summed E-state index contributed by atoms with van der Waals surface area (Å²) in [6, 6.07) is 5.92. The van der Waals surface area contributed by atoms with E-state index in [2.05, 4.69) is 29.5 Å². The quantitative estimate of drug-likeness (QED) is 0.908. The van der Waals surface area contributed by atoms with Gasteiger partial charge in [0, 0.05) is 56.5 Å². The van der Waals surface area contributed by atoms with Crippen molar-refractivity contribution >= 4 is 11.8 Å². The van der Waals surface area contributed by atoms with Gasteiger partial charge in [0.15, 0.2) is 0 Å². The molecule has 26 heavy (non-hydrogen) atoms. The molecule has 140 valence electrons. The summed E-state index contributed by atoms with van der Waals surface area (Å²) in [5.41, 5.74) is 4.34. The molecule has 0 bridgehead atoms. The second kappa shape index (κ2) is 7.81. The van der Waals surface area contributed by atoms with Crippen LogP contribution in [0.2, 0.25) is 0 Å². The van der Waals surface area contributed by atoms with E-state index >= 15 is 0 Å². The lowest BCUT2D eigenvalue weighted by molar-refractivity contribution is -0.132. The predicted molar refractivity (Wildman–Crippen MR) is 101 cm³/mol. The molecular weight excluding hydrogens is 328 g/mol. The molecule has 6 nitrogen and oxygen atoms in total. The number of amides is 2. The van der Waals surface area contributed by atoms with Gasteiger partial charge >= 0.3 is 0 Å². The summed E-state index contributed by atoms with van der Waals surface area (Å²) < 4.78 is 2.12. The summed E-state index contributed by atoms with van der Waals surface area (Å²) in [5, 5.41) is 0. The summed E-state index contributed by atoms with van der Waals surface area (Å²) in [4.78, 5) is 32.1. The Labute approximate surface area is 154 Å². The highest BCUT2D eigenvalue weighted by atomic mass is 16.2. The zero-order valence-corrected chi connectivity index (χ0v) is 15.9. The first-order valence-electron chi connectivity index (χ1n) is 9.25. The van der Waals surface area contributed by atoms with Gasteiger partial charge < -0.3 is 19.4 Å². The van der Waals surface area contributed by atoms with Gasteiger partial charge in [-0.3, -0.25) is 9.59 Å². The lowest BCUT2D eigenvalue weighted by Gasteiger charge is -2.22. The maximum atomic E-state index is 12.7. The first-order chi connectivity index (χ1) is 12.5. The Morgan fingerprint density at radius 2 is 1.69 bits per heavy atom. The number of hydrogen-bond donors (Lipinski definition) is 1. The number of nitrogens with zero attached hydrogens (tertiary/aromatic N) is 3. The minimum Gasteiger partial charge on any atom is -0.365 e. The first kappa shape index (κ1) is 18.3. The van der Waals surface area contributed by atoms with Crippen LogP contribution in [0.25, 0.3) is 0 Å². The van der Waals surface area contributed by atoms with Crippen LogP contribution in [-0.4, -0.2) is 57.3 Å². The van der Waals surface area contributed by atoms with Gasteiger partial charge in [-0.25, -0.2) is 0 Å². The van der Waals surface area contributed by atoms with E-state index in [4.69, 9.17) is 0 Å². The number of aryl methyl sites for hydroxylation is 1. The van der Waals surface area contributed by atoms with Gasteiger partial charge in [-0.05, 0) is 44.0 Å². The third kappa shape index (κ3) is 4.00. The van der Waals surface area contributed by atoms with Gasteiger partial charge in [0.2, 0.25) is 11.8 Å². The summed E-state index contributed by atoms with van der Waals surface area (Å²) >= 11 is 0. The van der Waals surface area contributed by atoms with E-state index in [1.54, 1.807) is 0 Å². The molecule has 0 aromatic carbocycles. The van der Waals surface area contributed by atoms with Crippen LogP contribution >= 0.6 is 0 Å². The fourth-order valence-electron chi connectivity index (χ4n) is 3.56. The number of hydrogen-bond acceptors (Lipinski definition) is 2. The molecule has 6 heteroatoms. The van der Waals surface area contributed by atoms with E-state index in [1.165, 1.54) is 5.69 Å². The summed E-state index contributed by atoms with van der Waals surface area (Å²) in [6.07, 6.45) is 3.49. The minimum absolute atomic E-state index is 0.122. The monoisotopic (exact) mass is 356 g/mol. The molecule has 1 N–H and O–H groups in total. The summed E-state index contributed by atoms with van der Waals surface area (Å²) in [7, 11) is 2.03. The zero-order valence-electron chi connectivity index (χ0n) is 15.9. The fraction of sp³-hybridized carbons (Fsp3) is 0.500. The maximum absolute atomic E-state index is 12.7. The SMILES string of the molecule is Cc1cc(CC(=O)N2CCCN(C(=O)Cc3ccc[nH]3)CC2)c(C)n1C. The van der Waals surface area contributed by atoms with Crippen LogP contribution in [0.4, 0.5) is 0 Å². The lowest BCUT2D eigenvalue weighted by atomic mass is 10.1. The molecule has 1 aliphatic rings. The molecule has 3 rings (SSSR count). The molecule has 0 atom stereocenters. The number of carbonyl (C=O) groups excluding carboxylic acids is 2. The number of H-pyrrole nitrogens is 1. The fourth-order valence-corrected chi connectivity index (χ4v) is 3.56. The molecule has 2 aromatic heterocycles. The molecule has 0 unspecified atom stereocenters. The second-order valence-electron chi connectivity index (χ2n) is 7.12. The van der Waals surface area contributed by atoms with Gasteiger partial charge in [0.25, 0.3) is 0 Å². The van der Waals surface area contributed by atoms with E-state index < -0.39 is 0 Å². The van der Waals surface area contributed by atoms with E-state index in [0.717, 1.165) is 29.9 Å². The smallest absolute Gasteiger partial charge is 0.228 e. The van der Waals surface area contributed by atoms with Gasteiger partial charge in [0.05, 0.1) is 12.8 Å². The molecule has 1 fully saturated rings. The van der Waals surface area contributed by atoms with Crippen molar-refractivity contribution in [2.45, 2.75) is 33.1 Å². The first-order valence-corrected chi connectivity index (χ1v) is 9.25. The van der Waals surface area contributed by atoms with Gasteiger partial charge in [-0.1, -0.05) is 0 Å². The van der Waals surface area contributed by atoms with Crippen LogP contribution in [0.15, 0.2) is 24.4 Å². The molecule has 2 amide bonds. The van der Waals surface area contributed by atoms with Gasteiger partial charge in [0.1, 0.15) is 0 Å². The van der Waals surface area contributed by atoms with Gasteiger partial charge in [-0.15, -0.1) is 0 Å². The van der Waals surface area contributed by atoms with Crippen LogP contribution in [0, 0.1) is 13.8 Å². The highest BCUT2D eigenvalue weighted by molar-refractivity contribution is 5.80. The van der Waals surface area contributed by atoms with Crippen molar-refractivity contribution < 1.29 is 9.59 Å². The highest BCUT2D eigenvalue weighted by Crippen LogP contribution is 2.16. The molecule has 1 aliphatic heterocycles. The van der Waals surface area contributed by atoms with Crippen molar-refractivity contribution in [1.29, 1.82) is 0 Å². The second-order valence-corrected chi connectivity index (χ2v) is 7.12. The van der Waals surface area contributed by atoms with Crippen molar-refractivity contribution in [3.8, 4) is 0 Å². The molecule has 3 heterocycles. The number of carbonyl (C=O) groups is 2. The Hall–Kier alpha value is -2.50. The average molecular weight is 356 g/mol. The Bertz CT molecular complexity index is 776. The van der Waals surface area contributed by atoms with Crippen molar-refractivity contribution in [2.24, 2.45) is 7.05 Å². The van der Waals surface area contributed by atoms with E-state index in [-0.39, 0.29) is 11.8 Å². The Morgan fingerprint density at radius 3 is 2.23 bits per heavy atom. The van der Waals surface area contributed by atoms with Crippen molar-refractivity contribution in [3.63, 3.8) is 0 Å². The Kier molecular flexibility index (Phi) is 5.49. The zero-order chi connectivity index (χ0) is 18.7. The number of nitrogens with one attached hydrogen (secondary N) is 1. The van der Waals surface area contributed by atoms with Gasteiger partial charge in [-0.2, -0.15) is 0 Å². The Balaban J connectivity index is 1.56. The van der Waals surface area contributed by atoms with E-state index in [1.807, 2.05) is 35.2 Å². The molecule has 2 aromatic rings. The summed E-state index contributed by atoms with van der Waals surface area (Å²) in [6.45, 7) is 6.76. The molecule has 0 saturated carbocycles. The van der Waals surface area contributed by atoms with Crippen molar-refractivity contribution in [1.82, 2.24) is 19.4 Å². The van der Waals surface area contributed by atoms with Crippen LogP contribution in [0.1, 0.15) is 29.1 Å². The maximum Gasteiger partial charge on any atom is 0.228 e. The predicted octanol–water partition coefficient (Wildman–Crippen LogP) is 1.82. The van der Waals surface area contributed by atoms with Crippen LogP contribution in [0.3, 0.4) is 0 Å². The standard InChI is InChI=1S/C20H28N4O2/c1-15-12-17(16(2)22(15)3)13-19(25)23-8-5-9-24(11-10-23)20(26)14-18-6-4-7-21-18/h4,6-7,12,21H,5,8-11,13-14H2,1-3H3. The minimum atomic E-state index is 0.122. The molecule has 0 spiro atoms. The number of aromatic amines is 1. The summed E-state index contributed by atoms with van der Waals surface area (Å²) in [5.74, 6) is 0.272. The largest absolute Gasteiger partial charge is 0.365 e. The molecule has 0 aliphatic carbocycles. The third-order valence-corrected chi connectivity index (χ3v) is 5.43. The lowest BCUT2D eigenvalue weighted by Crippen LogP contribution is -2.38. The van der Waals surface area contributed by atoms with Crippen molar-refractivity contribution in [3.05, 3.63) is 47.0 Å². The van der Waals surface area contributed by atoms with E-state index in [9.17, 15) is 9.59 Å². The molecular formula is C20H28N4O2. The van der Waals surface area contributed by atoms with Crippen LogP contribution < -0.4 is 0 Å². The third-order valence-electron chi connectivity index (χ3n) is 5.43. The average Bonchev–Trinajstić information content (AvgIpc) is 3.10. The van der Waals surface area contributed by atoms with Crippen molar-refractivity contribution in [2.75, 3.05) is 26.2 Å². The topological polar surface area (TPSA) is 61.3 Å². The molecule has 1 saturated heterocycles. The highest BCUT2D eigenvalue weighted by Gasteiger charge is 2.23. The normalized spacial score (nSPS) is 15.2. The number of aromatic nitrogens is 2. The van der Waals surface area contributed by atoms with E-state index in [0.29, 0.717) is 32.5 Å². The van der Waals surface area contributed by atoms with Crippen LogP contribution in [-0.2, 0) is 29.5 Å². The molecule has 0 radical (unpaired) electrons. The Morgan fingerprint density at radius 1 is 1.04 bits per heavy atom. The van der Waals surface area contributed by atoms with Crippen LogP contribution in [0.5, 0.6) is 0 Å². The number of rotatable bonds is 4.